The summed E-state index contributed by atoms with van der Waals surface area (Å²) in [5.41, 5.74) is 0. The third kappa shape index (κ3) is 38.8. The normalized spacial score (nSPS) is 14.8. The van der Waals surface area contributed by atoms with E-state index < -0.39 is 26.6 Å². The summed E-state index contributed by atoms with van der Waals surface area (Å²) in [6.07, 6.45) is 43.6. The Morgan fingerprint density at radius 2 is 1.06 bits per heavy atom. The average Bonchev–Trinajstić information content (AvgIpc) is 3.10. The number of quaternary nitrogens is 1. The molecule has 0 radical (unpaired) electrons. The van der Waals surface area contributed by atoms with Crippen molar-refractivity contribution in [1.29, 1.82) is 0 Å². The van der Waals surface area contributed by atoms with Crippen LogP contribution in [0.3, 0.4) is 0 Å². The highest BCUT2D eigenvalue weighted by Gasteiger charge is 2.23. The minimum absolute atomic E-state index is 0.00842. The lowest BCUT2D eigenvalue weighted by Gasteiger charge is -2.29. The molecular formula is C44H85N2O6P. The number of carbonyl (C=O) groups excluding carboxylic acids is 1. The van der Waals surface area contributed by atoms with Gasteiger partial charge in [-0.2, -0.15) is 0 Å². The molecule has 0 aromatic heterocycles. The number of aliphatic hydroxyl groups excluding tert-OH is 1. The molecule has 9 heteroatoms. The zero-order valence-corrected chi connectivity index (χ0v) is 36.1. The summed E-state index contributed by atoms with van der Waals surface area (Å²) in [7, 11) is 1.23. The number of carbonyl (C=O) groups is 1. The Bertz CT molecular complexity index is 964. The van der Waals surface area contributed by atoms with Gasteiger partial charge in [0.05, 0.1) is 39.9 Å². The maximum atomic E-state index is 12.7. The second-order valence-corrected chi connectivity index (χ2v) is 17.4. The first kappa shape index (κ1) is 51.7. The first-order valence-electron chi connectivity index (χ1n) is 21.9. The lowest BCUT2D eigenvalue weighted by atomic mass is 10.0. The monoisotopic (exact) mass is 769 g/mol. The number of nitrogens with zero attached hydrogens (tertiary/aromatic N) is 1. The van der Waals surface area contributed by atoms with E-state index in [1.54, 1.807) is 6.08 Å². The number of phosphoric ester groups is 1. The van der Waals surface area contributed by atoms with Crippen molar-refractivity contribution in [3.8, 4) is 0 Å². The molecule has 3 atom stereocenters. The number of allylic oxidation sites excluding steroid dienone is 5. The van der Waals surface area contributed by atoms with Gasteiger partial charge >= 0.3 is 0 Å². The molecular weight excluding hydrogens is 683 g/mol. The maximum absolute atomic E-state index is 12.7. The smallest absolute Gasteiger partial charge is 0.268 e. The summed E-state index contributed by atoms with van der Waals surface area (Å²) in [6, 6.07) is -0.904. The van der Waals surface area contributed by atoms with Gasteiger partial charge in [0.1, 0.15) is 13.2 Å². The van der Waals surface area contributed by atoms with Gasteiger partial charge in [0.25, 0.3) is 7.82 Å². The van der Waals surface area contributed by atoms with Crippen LogP contribution in [0.15, 0.2) is 36.5 Å². The molecule has 0 aromatic rings. The predicted octanol–water partition coefficient (Wildman–Crippen LogP) is 11.3. The molecule has 0 aromatic carbocycles. The van der Waals surface area contributed by atoms with Crippen LogP contribution >= 0.6 is 7.82 Å². The molecule has 0 aliphatic rings. The first-order valence-corrected chi connectivity index (χ1v) is 23.3. The molecule has 0 heterocycles. The number of phosphoric acid groups is 1. The fraction of sp³-hybridized carbons (Fsp3) is 0.841. The minimum Gasteiger partial charge on any atom is -0.756 e. The molecule has 2 N–H and O–H groups in total. The Kier molecular flexibility index (Phi) is 35.5. The lowest BCUT2D eigenvalue weighted by Crippen LogP contribution is -2.45. The van der Waals surface area contributed by atoms with Gasteiger partial charge < -0.3 is 28.8 Å². The van der Waals surface area contributed by atoms with Crippen molar-refractivity contribution < 1.29 is 32.9 Å². The van der Waals surface area contributed by atoms with Crippen molar-refractivity contribution in [1.82, 2.24) is 5.32 Å². The van der Waals surface area contributed by atoms with Gasteiger partial charge in [-0.3, -0.25) is 9.36 Å². The number of rotatable bonds is 39. The van der Waals surface area contributed by atoms with Crippen molar-refractivity contribution in [2.24, 2.45) is 0 Å². The molecule has 8 nitrogen and oxygen atoms in total. The number of hydrogen-bond acceptors (Lipinski definition) is 6. The summed E-state index contributed by atoms with van der Waals surface area (Å²) in [6.45, 7) is 4.57. The molecule has 1 amide bonds. The third-order valence-corrected chi connectivity index (χ3v) is 10.5. The number of hydrogen-bond donors (Lipinski definition) is 2. The van der Waals surface area contributed by atoms with Crippen molar-refractivity contribution in [2.75, 3.05) is 40.9 Å². The molecule has 0 rings (SSSR count). The number of unbranched alkanes of at least 4 members (excludes halogenated alkanes) is 22. The number of nitrogens with one attached hydrogen (secondary N) is 1. The molecule has 0 saturated carbocycles. The van der Waals surface area contributed by atoms with Crippen molar-refractivity contribution in [3.63, 3.8) is 0 Å². The highest BCUT2D eigenvalue weighted by Crippen LogP contribution is 2.38. The minimum atomic E-state index is -4.59. The van der Waals surface area contributed by atoms with E-state index in [1.165, 1.54) is 122 Å². The molecule has 0 aliphatic heterocycles. The highest BCUT2D eigenvalue weighted by atomic mass is 31.2. The number of aliphatic hydroxyl groups is 1. The van der Waals surface area contributed by atoms with Gasteiger partial charge in [0, 0.05) is 6.42 Å². The van der Waals surface area contributed by atoms with Crippen LogP contribution in [0, 0.1) is 0 Å². The van der Waals surface area contributed by atoms with E-state index in [4.69, 9.17) is 9.05 Å². The first-order chi connectivity index (χ1) is 25.5. The Labute approximate surface area is 327 Å². The third-order valence-electron chi connectivity index (χ3n) is 9.58. The summed E-state index contributed by atoms with van der Waals surface area (Å²) in [4.78, 5) is 25.1. The van der Waals surface area contributed by atoms with Crippen LogP contribution < -0.4 is 10.2 Å². The van der Waals surface area contributed by atoms with Crippen LogP contribution in [0.1, 0.15) is 187 Å². The Hall–Kier alpha value is -1.28. The van der Waals surface area contributed by atoms with Crippen molar-refractivity contribution in [2.45, 2.75) is 199 Å². The van der Waals surface area contributed by atoms with E-state index in [9.17, 15) is 19.4 Å². The van der Waals surface area contributed by atoms with Crippen molar-refractivity contribution in [3.05, 3.63) is 36.5 Å². The SMILES string of the molecule is CCCCCCCCCCCCCCC/C=C/CC/C=C/CC/C=C/C(O)C(COP(=O)([O-])OCC[N+](C)(C)C)NC(=O)CCCCCCCCCC. The zero-order chi connectivity index (χ0) is 39.3. The van der Waals surface area contributed by atoms with Gasteiger partial charge in [0.15, 0.2) is 0 Å². The zero-order valence-electron chi connectivity index (χ0n) is 35.2. The fourth-order valence-corrected chi connectivity index (χ4v) is 6.79. The molecule has 0 aliphatic carbocycles. The van der Waals surface area contributed by atoms with E-state index in [1.807, 2.05) is 27.2 Å². The van der Waals surface area contributed by atoms with Crippen LogP contribution in [0.25, 0.3) is 0 Å². The van der Waals surface area contributed by atoms with Gasteiger partial charge in [-0.15, -0.1) is 0 Å². The fourth-order valence-electron chi connectivity index (χ4n) is 6.07. The summed E-state index contributed by atoms with van der Waals surface area (Å²) < 4.78 is 23.1. The van der Waals surface area contributed by atoms with Crippen LogP contribution in [0.2, 0.25) is 0 Å². The summed E-state index contributed by atoms with van der Waals surface area (Å²) in [5.74, 6) is -0.218. The lowest BCUT2D eigenvalue weighted by molar-refractivity contribution is -0.870. The second-order valence-electron chi connectivity index (χ2n) is 16.0. The highest BCUT2D eigenvalue weighted by molar-refractivity contribution is 7.45. The Morgan fingerprint density at radius 3 is 1.53 bits per heavy atom. The van der Waals surface area contributed by atoms with Crippen LogP contribution in [0.4, 0.5) is 0 Å². The average molecular weight is 769 g/mol. The largest absolute Gasteiger partial charge is 0.756 e. The molecule has 0 spiro atoms. The predicted molar refractivity (Wildman–Crippen MR) is 224 cm³/mol. The second kappa shape index (κ2) is 36.4. The van der Waals surface area contributed by atoms with Gasteiger partial charge in [-0.05, 0) is 44.9 Å². The van der Waals surface area contributed by atoms with Crippen LogP contribution in [-0.2, 0) is 18.4 Å². The number of likely N-dealkylation sites (N-methyl/N-ethyl adjacent to an activating group) is 1. The molecule has 53 heavy (non-hydrogen) atoms. The summed E-state index contributed by atoms with van der Waals surface area (Å²) in [5, 5.41) is 13.7. The topological polar surface area (TPSA) is 108 Å². The maximum Gasteiger partial charge on any atom is 0.268 e. The molecule has 0 bridgehead atoms. The molecule has 0 saturated heterocycles. The van der Waals surface area contributed by atoms with Gasteiger partial charge in [-0.1, -0.05) is 172 Å². The van der Waals surface area contributed by atoms with Gasteiger partial charge in [0.2, 0.25) is 5.91 Å². The standard InChI is InChI=1S/C44H85N2O6P/c1-6-8-10-12-14-16-17-18-19-20-21-22-23-24-25-26-27-28-29-30-31-33-35-37-43(47)42(41-52-53(49,50)51-40-39-46(3,4)5)45-44(48)38-36-34-32-15-13-11-9-7-2/h25-26,29-30,35,37,42-43,47H,6-24,27-28,31-34,36,38-41H2,1-5H3,(H-,45,48,49,50)/b26-25+,30-29+,37-35+. The van der Waals surface area contributed by atoms with E-state index in [2.05, 4.69) is 43.5 Å². The molecule has 3 unspecified atom stereocenters. The molecule has 0 fully saturated rings. The summed E-state index contributed by atoms with van der Waals surface area (Å²) >= 11 is 0. The van der Waals surface area contributed by atoms with E-state index in [-0.39, 0.29) is 12.5 Å². The molecule has 312 valence electrons. The Morgan fingerprint density at radius 1 is 0.642 bits per heavy atom. The van der Waals surface area contributed by atoms with Crippen molar-refractivity contribution >= 4 is 13.7 Å². The quantitative estimate of drug-likeness (QED) is 0.0279. The van der Waals surface area contributed by atoms with Crippen LogP contribution in [-0.4, -0.2) is 68.5 Å². The van der Waals surface area contributed by atoms with Crippen LogP contribution in [0.5, 0.6) is 0 Å². The van der Waals surface area contributed by atoms with E-state index in [0.29, 0.717) is 17.4 Å². The Balaban J connectivity index is 4.36. The van der Waals surface area contributed by atoms with E-state index in [0.717, 1.165) is 44.9 Å². The van der Waals surface area contributed by atoms with E-state index >= 15 is 0 Å². The number of amides is 1. The van der Waals surface area contributed by atoms with Gasteiger partial charge in [-0.25, -0.2) is 0 Å².